The van der Waals surface area contributed by atoms with Crippen molar-refractivity contribution in [3.63, 3.8) is 0 Å². The summed E-state index contributed by atoms with van der Waals surface area (Å²) in [5.41, 5.74) is 2.65. The SMILES string of the molecule is C[C@]12CC/C(=N\OCCCN3CCCCC3)C=C1CC[C@@H]1[C@@H]2CC[C@]2(C)[C@@H](c3ccc(=O)oc3)CC[C@]12O. The number of hydrogen-bond donors (Lipinski definition) is 1. The van der Waals surface area contributed by atoms with Gasteiger partial charge in [0.15, 0.2) is 0 Å². The fourth-order valence-corrected chi connectivity index (χ4v) is 9.38. The van der Waals surface area contributed by atoms with E-state index in [2.05, 4.69) is 30.0 Å². The van der Waals surface area contributed by atoms with Crippen molar-refractivity contribution >= 4 is 5.71 Å². The van der Waals surface area contributed by atoms with Gasteiger partial charge in [-0.1, -0.05) is 31.0 Å². The van der Waals surface area contributed by atoms with Gasteiger partial charge in [-0.15, -0.1) is 0 Å². The molecule has 6 nitrogen and oxygen atoms in total. The topological polar surface area (TPSA) is 75.3 Å². The van der Waals surface area contributed by atoms with E-state index >= 15 is 0 Å². The highest BCUT2D eigenvalue weighted by Crippen LogP contribution is 2.69. The average Bonchev–Trinajstić information content (AvgIpc) is 3.21. The number of hydrogen-bond acceptors (Lipinski definition) is 6. The molecule has 5 aliphatic rings. The second kappa shape index (κ2) is 10.2. The van der Waals surface area contributed by atoms with Gasteiger partial charge in [-0.25, -0.2) is 4.79 Å². The van der Waals surface area contributed by atoms with Crippen LogP contribution in [0, 0.1) is 22.7 Å². The van der Waals surface area contributed by atoms with Crippen LogP contribution in [0.25, 0.3) is 0 Å². The second-order valence-corrected chi connectivity index (χ2v) is 13.4. The van der Waals surface area contributed by atoms with Gasteiger partial charge in [0, 0.05) is 18.0 Å². The highest BCUT2D eigenvalue weighted by molar-refractivity contribution is 5.96. The molecule has 2 heterocycles. The third-order valence-electron chi connectivity index (χ3n) is 11.6. The molecule has 0 bridgehead atoms. The predicted octanol–water partition coefficient (Wildman–Crippen LogP) is 6.05. The molecule has 208 valence electrons. The lowest BCUT2D eigenvalue weighted by molar-refractivity contribution is -0.176. The molecule has 0 aromatic carbocycles. The second-order valence-electron chi connectivity index (χ2n) is 13.4. The highest BCUT2D eigenvalue weighted by atomic mass is 16.6. The maximum Gasteiger partial charge on any atom is 0.335 e. The molecule has 4 fully saturated rings. The summed E-state index contributed by atoms with van der Waals surface area (Å²) >= 11 is 0. The van der Waals surface area contributed by atoms with Crippen LogP contribution in [0.1, 0.15) is 102 Å². The maximum absolute atomic E-state index is 12.4. The lowest BCUT2D eigenvalue weighted by Gasteiger charge is -2.61. The van der Waals surface area contributed by atoms with E-state index in [0.717, 1.165) is 75.6 Å². The van der Waals surface area contributed by atoms with Crippen molar-refractivity contribution in [3.8, 4) is 0 Å². The number of nitrogens with zero attached hydrogens (tertiary/aromatic N) is 2. The molecule has 0 spiro atoms. The Labute approximate surface area is 227 Å². The number of aliphatic hydroxyl groups is 1. The number of oxime groups is 1. The van der Waals surface area contributed by atoms with E-state index in [1.165, 1.54) is 44.0 Å². The first kappa shape index (κ1) is 26.3. The lowest BCUT2D eigenvalue weighted by atomic mass is 9.45. The molecular weight excluding hydrogens is 476 g/mol. The van der Waals surface area contributed by atoms with Crippen molar-refractivity contribution in [3.05, 3.63) is 46.0 Å². The summed E-state index contributed by atoms with van der Waals surface area (Å²) in [7, 11) is 0. The van der Waals surface area contributed by atoms with Crippen molar-refractivity contribution in [1.29, 1.82) is 0 Å². The van der Waals surface area contributed by atoms with Crippen molar-refractivity contribution < 1.29 is 14.4 Å². The molecular formula is C32H46N2O4. The molecule has 6 atom stereocenters. The molecule has 3 saturated carbocycles. The zero-order valence-electron chi connectivity index (χ0n) is 23.4. The summed E-state index contributed by atoms with van der Waals surface area (Å²) in [6.45, 7) is 9.04. The van der Waals surface area contributed by atoms with Gasteiger partial charge in [0.05, 0.1) is 17.6 Å². The van der Waals surface area contributed by atoms with Crippen LogP contribution in [0.2, 0.25) is 0 Å². The molecule has 0 unspecified atom stereocenters. The highest BCUT2D eigenvalue weighted by Gasteiger charge is 2.66. The number of allylic oxidation sites excluding steroid dienone is 2. The van der Waals surface area contributed by atoms with E-state index in [4.69, 9.17) is 9.25 Å². The van der Waals surface area contributed by atoms with Gasteiger partial charge in [0.25, 0.3) is 0 Å². The molecule has 6 rings (SSSR count). The van der Waals surface area contributed by atoms with Crippen molar-refractivity contribution in [2.75, 3.05) is 26.2 Å². The van der Waals surface area contributed by atoms with Crippen LogP contribution in [-0.2, 0) is 4.84 Å². The summed E-state index contributed by atoms with van der Waals surface area (Å²) < 4.78 is 5.23. The fourth-order valence-electron chi connectivity index (χ4n) is 9.38. The minimum Gasteiger partial charge on any atom is -0.431 e. The van der Waals surface area contributed by atoms with Crippen molar-refractivity contribution in [2.24, 2.45) is 27.8 Å². The van der Waals surface area contributed by atoms with Crippen molar-refractivity contribution in [1.82, 2.24) is 4.90 Å². The molecule has 1 aliphatic heterocycles. The minimum atomic E-state index is -0.670. The lowest BCUT2D eigenvalue weighted by Crippen LogP contribution is -2.60. The molecule has 0 radical (unpaired) electrons. The minimum absolute atomic E-state index is 0.130. The van der Waals surface area contributed by atoms with E-state index in [1.54, 1.807) is 6.26 Å². The van der Waals surface area contributed by atoms with E-state index in [9.17, 15) is 9.90 Å². The van der Waals surface area contributed by atoms with Gasteiger partial charge >= 0.3 is 5.63 Å². The predicted molar refractivity (Wildman–Crippen MR) is 149 cm³/mol. The normalized spacial score (nSPS) is 40.2. The van der Waals surface area contributed by atoms with Gasteiger partial charge in [-0.05, 0) is 125 Å². The van der Waals surface area contributed by atoms with E-state index in [0.29, 0.717) is 18.4 Å². The van der Waals surface area contributed by atoms with Crippen LogP contribution < -0.4 is 5.63 Å². The van der Waals surface area contributed by atoms with E-state index in [-0.39, 0.29) is 22.4 Å². The molecule has 1 aromatic heterocycles. The van der Waals surface area contributed by atoms with Gasteiger partial charge in [0.1, 0.15) is 6.61 Å². The summed E-state index contributed by atoms with van der Waals surface area (Å²) in [5.74, 6) is 1.05. The van der Waals surface area contributed by atoms with Crippen LogP contribution >= 0.6 is 0 Å². The molecule has 1 N–H and O–H groups in total. The first-order valence-corrected chi connectivity index (χ1v) is 15.3. The van der Waals surface area contributed by atoms with Gasteiger partial charge in [0.2, 0.25) is 0 Å². The average molecular weight is 523 g/mol. The zero-order valence-corrected chi connectivity index (χ0v) is 23.4. The van der Waals surface area contributed by atoms with E-state index < -0.39 is 5.60 Å². The number of rotatable bonds is 6. The monoisotopic (exact) mass is 522 g/mol. The number of likely N-dealkylation sites (tertiary alicyclic amines) is 1. The van der Waals surface area contributed by atoms with Crippen molar-refractivity contribution in [2.45, 2.75) is 102 Å². The standard InChI is InChI=1S/C32H46N2O4/c1-30-14-11-25(33-38-20-6-19-34-17-4-3-5-18-34)21-24(30)8-9-28-27(30)12-15-31(2)26(13-16-32(28,31)36)23-7-10-29(35)37-22-23/h7,10,21-22,26-28,36H,3-6,8-9,11-20H2,1-2H3/b33-25+/t26-,27+,28-,30+,31-,32+/m1/s1. The number of fused-ring (bicyclic) bond motifs is 5. The molecule has 1 aromatic rings. The Kier molecular flexibility index (Phi) is 7.09. The Morgan fingerprint density at radius 2 is 1.89 bits per heavy atom. The van der Waals surface area contributed by atoms with E-state index in [1.807, 2.05) is 6.07 Å². The number of piperidine rings is 1. The first-order chi connectivity index (χ1) is 18.3. The Hall–Kier alpha value is -1.92. The molecule has 1 saturated heterocycles. The Bertz CT molecular complexity index is 1120. The van der Waals surface area contributed by atoms with Crippen LogP contribution in [0.3, 0.4) is 0 Å². The third kappa shape index (κ3) is 4.40. The van der Waals surface area contributed by atoms with Gasteiger partial charge in [-0.3, -0.25) is 0 Å². The van der Waals surface area contributed by atoms with Crippen LogP contribution in [-0.4, -0.2) is 47.6 Å². The largest absolute Gasteiger partial charge is 0.431 e. The third-order valence-corrected chi connectivity index (χ3v) is 11.6. The van der Waals surface area contributed by atoms with Gasteiger partial charge in [-0.2, -0.15) is 0 Å². The van der Waals surface area contributed by atoms with Gasteiger partial charge < -0.3 is 19.3 Å². The quantitative estimate of drug-likeness (QED) is 0.364. The Morgan fingerprint density at radius 1 is 1.05 bits per heavy atom. The molecule has 38 heavy (non-hydrogen) atoms. The first-order valence-electron chi connectivity index (χ1n) is 15.3. The maximum atomic E-state index is 12.4. The summed E-state index contributed by atoms with van der Waals surface area (Å²) in [6, 6.07) is 3.44. The molecule has 0 amide bonds. The molecule has 6 heteroatoms. The smallest absolute Gasteiger partial charge is 0.335 e. The summed E-state index contributed by atoms with van der Waals surface area (Å²) in [4.78, 5) is 19.9. The Balaban J connectivity index is 1.12. The molecule has 4 aliphatic carbocycles. The fraction of sp³-hybridized carbons (Fsp3) is 0.750. The van der Waals surface area contributed by atoms with Crippen LogP contribution in [0.5, 0.6) is 0 Å². The summed E-state index contributed by atoms with van der Waals surface area (Å²) in [6.07, 6.45) is 17.1. The van der Waals surface area contributed by atoms with Crippen LogP contribution in [0.4, 0.5) is 0 Å². The van der Waals surface area contributed by atoms with Crippen LogP contribution in [0.15, 0.2) is 44.4 Å². The zero-order chi connectivity index (χ0) is 26.4. The summed E-state index contributed by atoms with van der Waals surface area (Å²) in [5, 5.41) is 17.0. The Morgan fingerprint density at radius 3 is 2.68 bits per heavy atom.